The topological polar surface area (TPSA) is 75.6 Å². The van der Waals surface area contributed by atoms with Crippen LogP contribution in [-0.2, 0) is 4.79 Å². The van der Waals surface area contributed by atoms with Crippen molar-refractivity contribution in [3.8, 4) is 5.75 Å². The van der Waals surface area contributed by atoms with Crippen molar-refractivity contribution in [1.82, 2.24) is 19.8 Å². The molecule has 1 saturated heterocycles. The van der Waals surface area contributed by atoms with Gasteiger partial charge in [0.25, 0.3) is 11.8 Å². The van der Waals surface area contributed by atoms with E-state index in [9.17, 15) is 14.0 Å². The molecule has 26 heavy (non-hydrogen) atoms. The Morgan fingerprint density at radius 3 is 2.62 bits per heavy atom. The predicted octanol–water partition coefficient (Wildman–Crippen LogP) is 1.37. The van der Waals surface area contributed by atoms with E-state index in [-0.39, 0.29) is 29.9 Å². The Labute approximate surface area is 150 Å². The van der Waals surface area contributed by atoms with Gasteiger partial charge >= 0.3 is 0 Å². The Morgan fingerprint density at radius 1 is 1.08 bits per heavy atom. The van der Waals surface area contributed by atoms with E-state index in [4.69, 9.17) is 4.74 Å². The first kappa shape index (κ1) is 17.8. The summed E-state index contributed by atoms with van der Waals surface area (Å²) in [5, 5.41) is 0. The second kappa shape index (κ2) is 8.37. The van der Waals surface area contributed by atoms with Gasteiger partial charge in [-0.1, -0.05) is 12.1 Å². The van der Waals surface area contributed by atoms with Crippen molar-refractivity contribution in [2.24, 2.45) is 0 Å². The molecule has 1 aliphatic heterocycles. The second-order valence-corrected chi connectivity index (χ2v) is 5.84. The van der Waals surface area contributed by atoms with Gasteiger partial charge in [0.15, 0.2) is 18.2 Å². The molecule has 0 saturated carbocycles. The van der Waals surface area contributed by atoms with Crippen LogP contribution in [0.15, 0.2) is 42.9 Å². The Hall–Kier alpha value is -3.03. The average Bonchev–Trinajstić information content (AvgIpc) is 2.93. The lowest BCUT2D eigenvalue weighted by molar-refractivity contribution is -0.133. The van der Waals surface area contributed by atoms with Crippen LogP contribution in [0.4, 0.5) is 4.39 Å². The van der Waals surface area contributed by atoms with Crippen molar-refractivity contribution in [2.75, 3.05) is 32.8 Å². The summed E-state index contributed by atoms with van der Waals surface area (Å²) in [7, 11) is 0. The molecule has 2 amide bonds. The molecule has 1 aromatic carbocycles. The predicted molar refractivity (Wildman–Crippen MR) is 91.0 cm³/mol. The molecule has 3 rings (SSSR count). The fraction of sp³-hybridized carbons (Fsp3) is 0.333. The monoisotopic (exact) mass is 358 g/mol. The van der Waals surface area contributed by atoms with E-state index in [2.05, 4.69) is 9.97 Å². The third-order valence-corrected chi connectivity index (χ3v) is 4.11. The summed E-state index contributed by atoms with van der Waals surface area (Å²) in [5.74, 6) is -0.885. The molecule has 0 radical (unpaired) electrons. The average molecular weight is 358 g/mol. The minimum atomic E-state index is -0.503. The van der Waals surface area contributed by atoms with Gasteiger partial charge in [-0.15, -0.1) is 0 Å². The number of carbonyl (C=O) groups is 2. The molecule has 0 atom stereocenters. The number of hydrogen-bond acceptors (Lipinski definition) is 5. The molecule has 1 aliphatic rings. The zero-order valence-corrected chi connectivity index (χ0v) is 14.2. The number of nitrogens with zero attached hydrogens (tertiary/aromatic N) is 4. The Kier molecular flexibility index (Phi) is 5.73. The zero-order valence-electron chi connectivity index (χ0n) is 14.2. The number of amides is 2. The molecule has 0 aliphatic carbocycles. The molecule has 8 heteroatoms. The zero-order chi connectivity index (χ0) is 18.4. The van der Waals surface area contributed by atoms with Crippen molar-refractivity contribution in [3.05, 3.63) is 54.4 Å². The molecule has 1 aromatic heterocycles. The van der Waals surface area contributed by atoms with Gasteiger partial charge in [0.2, 0.25) is 0 Å². The highest BCUT2D eigenvalue weighted by atomic mass is 19.1. The summed E-state index contributed by atoms with van der Waals surface area (Å²) in [6, 6.07) is 5.96. The SMILES string of the molecule is O=C(COc1ccccc1F)N1CCCN(C(=O)c2cnccn2)CC1. The number of halogens is 1. The highest BCUT2D eigenvalue weighted by molar-refractivity contribution is 5.92. The third-order valence-electron chi connectivity index (χ3n) is 4.11. The third kappa shape index (κ3) is 4.33. The van der Waals surface area contributed by atoms with Crippen molar-refractivity contribution >= 4 is 11.8 Å². The number of ether oxygens (including phenoxy) is 1. The lowest BCUT2D eigenvalue weighted by atomic mass is 10.3. The molecule has 0 spiro atoms. The number of para-hydroxylation sites is 1. The number of aromatic nitrogens is 2. The van der Waals surface area contributed by atoms with Crippen molar-refractivity contribution in [2.45, 2.75) is 6.42 Å². The first-order chi connectivity index (χ1) is 12.6. The van der Waals surface area contributed by atoms with Crippen molar-refractivity contribution in [1.29, 1.82) is 0 Å². The van der Waals surface area contributed by atoms with Crippen LogP contribution >= 0.6 is 0 Å². The van der Waals surface area contributed by atoms with Crippen LogP contribution in [-0.4, -0.2) is 64.4 Å². The van der Waals surface area contributed by atoms with Crippen molar-refractivity contribution < 1.29 is 18.7 Å². The largest absolute Gasteiger partial charge is 0.481 e. The van der Waals surface area contributed by atoms with E-state index in [1.165, 1.54) is 30.7 Å². The molecule has 1 fully saturated rings. The summed E-state index contributed by atoms with van der Waals surface area (Å²) in [6.07, 6.45) is 5.06. The maximum Gasteiger partial charge on any atom is 0.274 e. The lowest BCUT2D eigenvalue weighted by Crippen LogP contribution is -2.39. The van der Waals surface area contributed by atoms with Crippen molar-refractivity contribution in [3.63, 3.8) is 0 Å². The summed E-state index contributed by atoms with van der Waals surface area (Å²) in [4.78, 5) is 36.0. The second-order valence-electron chi connectivity index (χ2n) is 5.84. The number of carbonyl (C=O) groups excluding carboxylic acids is 2. The number of hydrogen-bond donors (Lipinski definition) is 0. The molecule has 7 nitrogen and oxygen atoms in total. The Morgan fingerprint density at radius 2 is 1.85 bits per heavy atom. The molecule has 0 unspecified atom stereocenters. The van der Waals surface area contributed by atoms with Crippen LogP contribution in [0.25, 0.3) is 0 Å². The first-order valence-electron chi connectivity index (χ1n) is 8.35. The normalized spacial score (nSPS) is 14.7. The molecule has 2 aromatic rings. The van der Waals surface area contributed by atoms with Crippen LogP contribution in [0, 0.1) is 5.82 Å². The van der Waals surface area contributed by atoms with E-state index in [1.54, 1.807) is 21.9 Å². The Balaban J connectivity index is 1.54. The van der Waals surface area contributed by atoms with Gasteiger partial charge < -0.3 is 14.5 Å². The number of rotatable bonds is 4. The fourth-order valence-corrected chi connectivity index (χ4v) is 2.73. The Bertz CT molecular complexity index is 772. The van der Waals surface area contributed by atoms with Gasteiger partial charge in [0, 0.05) is 38.6 Å². The quantitative estimate of drug-likeness (QED) is 0.825. The summed E-state index contributed by atoms with van der Waals surface area (Å²) >= 11 is 0. The van der Waals surface area contributed by atoms with Gasteiger partial charge in [-0.05, 0) is 18.6 Å². The summed E-state index contributed by atoms with van der Waals surface area (Å²) < 4.78 is 18.8. The van der Waals surface area contributed by atoms with Crippen LogP contribution in [0.5, 0.6) is 5.75 Å². The molecule has 0 N–H and O–H groups in total. The maximum atomic E-state index is 13.5. The van der Waals surface area contributed by atoms with Gasteiger partial charge in [-0.25, -0.2) is 9.37 Å². The molecular weight excluding hydrogens is 339 g/mol. The van der Waals surface area contributed by atoms with Gasteiger partial charge in [-0.2, -0.15) is 0 Å². The van der Waals surface area contributed by atoms with Crippen LogP contribution < -0.4 is 4.74 Å². The maximum absolute atomic E-state index is 13.5. The van der Waals surface area contributed by atoms with Gasteiger partial charge in [0.05, 0.1) is 6.20 Å². The lowest BCUT2D eigenvalue weighted by Gasteiger charge is -2.22. The fourth-order valence-electron chi connectivity index (χ4n) is 2.73. The standard InChI is InChI=1S/C18H19FN4O3/c19-14-4-1-2-5-16(14)26-13-17(24)22-8-3-9-23(11-10-22)18(25)15-12-20-6-7-21-15/h1-2,4-7,12H,3,8-11,13H2. The highest BCUT2D eigenvalue weighted by Gasteiger charge is 2.23. The molecule has 0 bridgehead atoms. The number of benzene rings is 1. The smallest absolute Gasteiger partial charge is 0.274 e. The highest BCUT2D eigenvalue weighted by Crippen LogP contribution is 2.15. The molecular formula is C18H19FN4O3. The first-order valence-corrected chi connectivity index (χ1v) is 8.35. The van der Waals surface area contributed by atoms with Crippen LogP contribution in [0.3, 0.4) is 0 Å². The minimum Gasteiger partial charge on any atom is -0.481 e. The molecule has 136 valence electrons. The molecule has 2 heterocycles. The van der Waals surface area contributed by atoms with Gasteiger partial charge in [0.1, 0.15) is 5.69 Å². The van der Waals surface area contributed by atoms with Crippen LogP contribution in [0.2, 0.25) is 0 Å². The van der Waals surface area contributed by atoms with E-state index in [0.717, 1.165) is 0 Å². The minimum absolute atomic E-state index is 0.0510. The van der Waals surface area contributed by atoms with Gasteiger partial charge in [-0.3, -0.25) is 14.6 Å². The van der Waals surface area contributed by atoms with E-state index in [1.807, 2.05) is 0 Å². The summed E-state index contributed by atoms with van der Waals surface area (Å²) in [5.41, 5.74) is 0.287. The van der Waals surface area contributed by atoms with E-state index >= 15 is 0 Å². The van der Waals surface area contributed by atoms with E-state index < -0.39 is 5.82 Å². The van der Waals surface area contributed by atoms with Crippen LogP contribution in [0.1, 0.15) is 16.9 Å². The summed E-state index contributed by atoms with van der Waals surface area (Å²) in [6.45, 7) is 1.61. The van der Waals surface area contributed by atoms with E-state index in [0.29, 0.717) is 32.6 Å².